The van der Waals surface area contributed by atoms with Gasteiger partial charge in [0, 0.05) is 17.7 Å². The van der Waals surface area contributed by atoms with Gasteiger partial charge in [0.15, 0.2) is 0 Å². The van der Waals surface area contributed by atoms with E-state index in [9.17, 15) is 4.39 Å². The maximum absolute atomic E-state index is 13.9. The van der Waals surface area contributed by atoms with Gasteiger partial charge >= 0.3 is 0 Å². The molecule has 0 fully saturated rings. The number of hydrogen-bond donors (Lipinski definition) is 1. The first kappa shape index (κ1) is 15.0. The number of benzene rings is 1. The Morgan fingerprint density at radius 3 is 2.67 bits per heavy atom. The van der Waals surface area contributed by atoms with Crippen molar-refractivity contribution >= 4 is 17.2 Å². The summed E-state index contributed by atoms with van der Waals surface area (Å²) in [7, 11) is 0. The van der Waals surface area contributed by atoms with Gasteiger partial charge in [0.25, 0.3) is 0 Å². The molecule has 0 aromatic heterocycles. The van der Waals surface area contributed by atoms with Gasteiger partial charge in [-0.1, -0.05) is 31.3 Å². The molecule has 0 heterocycles. The van der Waals surface area contributed by atoms with E-state index in [0.29, 0.717) is 25.4 Å². The highest BCUT2D eigenvalue weighted by atomic mass is 32.1. The fraction of sp³-hybridized carbons (Fsp3) is 0.462. The first-order valence-corrected chi connectivity index (χ1v) is 6.30. The van der Waals surface area contributed by atoms with Crippen molar-refractivity contribution in [3.8, 4) is 0 Å². The lowest BCUT2D eigenvalue weighted by atomic mass is 10.1. The Bertz CT molecular complexity index is 399. The lowest BCUT2D eigenvalue weighted by Crippen LogP contribution is -2.13. The Morgan fingerprint density at radius 2 is 2.00 bits per heavy atom. The van der Waals surface area contributed by atoms with Gasteiger partial charge in [-0.2, -0.15) is 0 Å². The van der Waals surface area contributed by atoms with Crippen LogP contribution in [0.4, 0.5) is 4.39 Å². The minimum absolute atomic E-state index is 0.0561. The lowest BCUT2D eigenvalue weighted by molar-refractivity contribution is 0.0399. The highest BCUT2D eigenvalue weighted by Gasteiger charge is 2.09. The molecule has 3 nitrogen and oxygen atoms in total. The van der Waals surface area contributed by atoms with Crippen LogP contribution in [0, 0.1) is 5.82 Å². The molecule has 0 radical (unpaired) electrons. The Kier molecular flexibility index (Phi) is 6.78. The van der Waals surface area contributed by atoms with Crippen molar-refractivity contribution in [2.24, 2.45) is 5.73 Å². The average molecular weight is 271 g/mol. The van der Waals surface area contributed by atoms with Gasteiger partial charge in [-0.25, -0.2) is 4.39 Å². The topological polar surface area (TPSA) is 44.5 Å². The summed E-state index contributed by atoms with van der Waals surface area (Å²) in [5.41, 5.74) is 6.14. The van der Waals surface area contributed by atoms with Crippen molar-refractivity contribution in [1.29, 1.82) is 0 Å². The molecule has 1 rings (SSSR count). The van der Waals surface area contributed by atoms with Crippen LogP contribution >= 0.6 is 12.2 Å². The fourth-order valence-electron chi connectivity index (χ4n) is 1.43. The van der Waals surface area contributed by atoms with Crippen molar-refractivity contribution in [2.75, 3.05) is 19.8 Å². The van der Waals surface area contributed by atoms with Crippen LogP contribution in [0.3, 0.4) is 0 Å². The summed E-state index contributed by atoms with van der Waals surface area (Å²) >= 11 is 4.77. The third kappa shape index (κ3) is 4.68. The zero-order valence-corrected chi connectivity index (χ0v) is 11.3. The highest BCUT2D eigenvalue weighted by molar-refractivity contribution is 7.80. The molecular formula is C13H18FNO2S. The summed E-state index contributed by atoms with van der Waals surface area (Å²) in [4.78, 5) is 0.0561. The lowest BCUT2D eigenvalue weighted by Gasteiger charge is -2.08. The number of rotatable bonds is 8. The second kappa shape index (κ2) is 8.13. The molecule has 0 bridgehead atoms. The van der Waals surface area contributed by atoms with E-state index in [1.807, 2.05) is 6.92 Å². The molecule has 0 unspecified atom stereocenters. The molecule has 18 heavy (non-hydrogen) atoms. The first-order chi connectivity index (χ1) is 8.66. The van der Waals surface area contributed by atoms with Crippen molar-refractivity contribution in [3.05, 3.63) is 35.1 Å². The van der Waals surface area contributed by atoms with Crippen LogP contribution in [0.5, 0.6) is 0 Å². The van der Waals surface area contributed by atoms with Crippen LogP contribution in [-0.2, 0) is 16.1 Å². The maximum atomic E-state index is 13.9. The Hall–Kier alpha value is -1.04. The van der Waals surface area contributed by atoms with Crippen LogP contribution in [0.25, 0.3) is 0 Å². The van der Waals surface area contributed by atoms with E-state index in [1.54, 1.807) is 18.2 Å². The molecule has 1 aromatic rings. The molecule has 0 saturated heterocycles. The van der Waals surface area contributed by atoms with E-state index in [1.165, 1.54) is 0 Å². The van der Waals surface area contributed by atoms with Gasteiger partial charge in [0.1, 0.15) is 10.8 Å². The monoisotopic (exact) mass is 271 g/mol. The number of hydrogen-bond acceptors (Lipinski definition) is 3. The number of thiocarbonyl (C=S) groups is 1. The maximum Gasteiger partial charge on any atom is 0.138 e. The zero-order chi connectivity index (χ0) is 13.4. The quantitative estimate of drug-likeness (QED) is 0.582. The third-order valence-electron chi connectivity index (χ3n) is 2.32. The predicted molar refractivity (Wildman–Crippen MR) is 73.1 cm³/mol. The molecule has 100 valence electrons. The van der Waals surface area contributed by atoms with E-state index in [2.05, 4.69) is 0 Å². The number of nitrogens with two attached hydrogens (primary N) is 1. The predicted octanol–water partition coefficient (Wildman–Crippen LogP) is 2.40. The average Bonchev–Trinajstić information content (AvgIpc) is 2.35. The molecule has 0 atom stereocenters. The summed E-state index contributed by atoms with van der Waals surface area (Å²) in [6.07, 6.45) is 0.977. The summed E-state index contributed by atoms with van der Waals surface area (Å²) in [6, 6.07) is 4.93. The van der Waals surface area contributed by atoms with Crippen LogP contribution in [0.1, 0.15) is 24.5 Å². The summed E-state index contributed by atoms with van der Waals surface area (Å²) in [5.74, 6) is -0.403. The molecular weight excluding hydrogens is 253 g/mol. The fourth-order valence-corrected chi connectivity index (χ4v) is 1.59. The van der Waals surface area contributed by atoms with Gasteiger partial charge in [0.2, 0.25) is 0 Å². The van der Waals surface area contributed by atoms with Crippen molar-refractivity contribution < 1.29 is 13.9 Å². The largest absolute Gasteiger partial charge is 0.389 e. The normalized spacial score (nSPS) is 10.6. The van der Waals surface area contributed by atoms with Crippen LogP contribution in [0.2, 0.25) is 0 Å². The van der Waals surface area contributed by atoms with Crippen LogP contribution in [-0.4, -0.2) is 24.8 Å². The van der Waals surface area contributed by atoms with Gasteiger partial charge in [0.05, 0.1) is 19.8 Å². The van der Waals surface area contributed by atoms with E-state index in [-0.39, 0.29) is 17.2 Å². The zero-order valence-electron chi connectivity index (χ0n) is 10.4. The number of ether oxygens (including phenoxy) is 2. The Morgan fingerprint density at radius 1 is 1.28 bits per heavy atom. The molecule has 0 amide bonds. The molecule has 5 heteroatoms. The molecule has 2 N–H and O–H groups in total. The highest BCUT2D eigenvalue weighted by Crippen LogP contribution is 2.13. The van der Waals surface area contributed by atoms with E-state index >= 15 is 0 Å². The Balaban J connectivity index is 2.43. The summed E-state index contributed by atoms with van der Waals surface area (Å²) in [5, 5.41) is 0. The van der Waals surface area contributed by atoms with Crippen molar-refractivity contribution in [2.45, 2.75) is 20.0 Å². The van der Waals surface area contributed by atoms with E-state index in [0.717, 1.165) is 6.42 Å². The summed E-state index contributed by atoms with van der Waals surface area (Å²) in [6.45, 7) is 3.91. The minimum Gasteiger partial charge on any atom is -0.389 e. The van der Waals surface area contributed by atoms with Gasteiger partial charge in [-0.3, -0.25) is 0 Å². The van der Waals surface area contributed by atoms with Crippen LogP contribution < -0.4 is 5.73 Å². The minimum atomic E-state index is -0.403. The standard InChI is InChI=1S/C13H18FNO2S/c1-2-6-16-7-8-17-9-10-4-3-5-11(12(10)14)13(15)18/h3-5H,2,6-9H2,1H3,(H2,15,18). The van der Waals surface area contributed by atoms with Crippen molar-refractivity contribution in [3.63, 3.8) is 0 Å². The number of halogens is 1. The van der Waals surface area contributed by atoms with Crippen molar-refractivity contribution in [1.82, 2.24) is 0 Å². The van der Waals surface area contributed by atoms with Gasteiger partial charge < -0.3 is 15.2 Å². The molecule has 0 aliphatic carbocycles. The Labute approximate surface area is 112 Å². The third-order valence-corrected chi connectivity index (χ3v) is 2.54. The first-order valence-electron chi connectivity index (χ1n) is 5.89. The van der Waals surface area contributed by atoms with E-state index < -0.39 is 5.82 Å². The molecule has 0 spiro atoms. The smallest absolute Gasteiger partial charge is 0.138 e. The molecule has 0 saturated carbocycles. The van der Waals surface area contributed by atoms with Gasteiger partial charge in [-0.15, -0.1) is 0 Å². The molecule has 0 aliphatic heterocycles. The van der Waals surface area contributed by atoms with Gasteiger partial charge in [-0.05, 0) is 12.5 Å². The SMILES string of the molecule is CCCOCCOCc1cccc(C(N)=S)c1F. The second-order valence-electron chi connectivity index (χ2n) is 3.81. The molecule has 0 aliphatic rings. The second-order valence-corrected chi connectivity index (χ2v) is 4.25. The van der Waals surface area contributed by atoms with Crippen LogP contribution in [0.15, 0.2) is 18.2 Å². The molecule has 1 aromatic carbocycles. The van der Waals surface area contributed by atoms with E-state index in [4.69, 9.17) is 27.4 Å². The summed E-state index contributed by atoms with van der Waals surface area (Å²) < 4.78 is 24.5.